The first-order valence-electron chi connectivity index (χ1n) is 7.69. The van der Waals surface area contributed by atoms with Crippen molar-refractivity contribution in [1.82, 2.24) is 0 Å². The van der Waals surface area contributed by atoms with Gasteiger partial charge in [0.05, 0.1) is 0 Å². The van der Waals surface area contributed by atoms with Gasteiger partial charge in [-0.2, -0.15) is 0 Å². The van der Waals surface area contributed by atoms with Crippen molar-refractivity contribution in [3.63, 3.8) is 0 Å². The molecule has 0 aromatic rings. The molecule has 0 aromatic carbocycles. The maximum absolute atomic E-state index is 6.12. The Bertz CT molecular complexity index is 349. The summed E-state index contributed by atoms with van der Waals surface area (Å²) in [6.07, 6.45) is 6.45. The van der Waals surface area contributed by atoms with Crippen molar-refractivity contribution < 1.29 is 29.8 Å². The molecule has 0 spiro atoms. The molecule has 0 N–H and O–H groups in total. The third kappa shape index (κ3) is 4.90. The Kier molecular flexibility index (Phi) is 7.33. The SMILES string of the molecule is CC[O][Hf]([O]CC)([O]CC)[C]1=C(CC(C)(C)C)C=CC1. The van der Waals surface area contributed by atoms with Gasteiger partial charge in [-0.05, 0) is 0 Å². The molecule has 116 valence electrons. The minimum absolute atomic E-state index is 0.263. The van der Waals surface area contributed by atoms with Crippen LogP contribution >= 0.6 is 0 Å². The molecule has 0 fully saturated rings. The first-order chi connectivity index (χ1) is 9.38. The average molecular weight is 449 g/mol. The third-order valence-corrected chi connectivity index (χ3v) is 14.9. The Morgan fingerprint density at radius 2 is 1.50 bits per heavy atom. The molecule has 1 aliphatic carbocycles. The molecular weight excluding hydrogens is 419 g/mol. The van der Waals surface area contributed by atoms with Gasteiger partial charge in [0, 0.05) is 0 Å². The van der Waals surface area contributed by atoms with Gasteiger partial charge in [0.2, 0.25) is 0 Å². The zero-order valence-corrected chi connectivity index (χ0v) is 17.5. The molecule has 0 radical (unpaired) electrons. The van der Waals surface area contributed by atoms with E-state index in [1.165, 1.54) is 8.90 Å². The summed E-state index contributed by atoms with van der Waals surface area (Å²) in [5.74, 6) is 0. The van der Waals surface area contributed by atoms with E-state index < -0.39 is 21.3 Å². The maximum atomic E-state index is 6.12. The fraction of sp³-hybridized carbons (Fsp3) is 0.750. The Morgan fingerprint density at radius 1 is 1.00 bits per heavy atom. The molecule has 0 atom stereocenters. The average Bonchev–Trinajstić information content (AvgIpc) is 2.76. The van der Waals surface area contributed by atoms with Crippen molar-refractivity contribution in [2.45, 2.75) is 54.4 Å². The summed E-state index contributed by atoms with van der Waals surface area (Å²) < 4.78 is 19.7. The van der Waals surface area contributed by atoms with Gasteiger partial charge in [0.1, 0.15) is 0 Å². The number of rotatable bonds is 8. The molecule has 0 aromatic heterocycles. The van der Waals surface area contributed by atoms with Crippen LogP contribution in [0.2, 0.25) is 0 Å². The zero-order valence-electron chi connectivity index (χ0n) is 13.9. The molecule has 0 bridgehead atoms. The van der Waals surface area contributed by atoms with Crippen LogP contribution in [0.15, 0.2) is 21.1 Å². The summed E-state index contributed by atoms with van der Waals surface area (Å²) >= 11 is -3.73. The van der Waals surface area contributed by atoms with Crippen LogP contribution in [0.4, 0.5) is 0 Å². The molecule has 0 saturated heterocycles. The second-order valence-electron chi connectivity index (χ2n) is 6.20. The van der Waals surface area contributed by atoms with Crippen molar-refractivity contribution in [2.75, 3.05) is 19.8 Å². The Hall–Kier alpha value is 0.230. The van der Waals surface area contributed by atoms with Crippen LogP contribution in [0, 0.1) is 5.41 Å². The molecule has 0 saturated carbocycles. The van der Waals surface area contributed by atoms with Gasteiger partial charge >= 0.3 is 131 Å². The summed E-state index contributed by atoms with van der Waals surface area (Å²) in [5, 5.41) is 0. The van der Waals surface area contributed by atoms with E-state index in [9.17, 15) is 0 Å². The summed E-state index contributed by atoms with van der Waals surface area (Å²) in [6, 6.07) is 0. The van der Waals surface area contributed by atoms with Crippen LogP contribution in [0.3, 0.4) is 0 Å². The minimum atomic E-state index is -3.73. The van der Waals surface area contributed by atoms with Gasteiger partial charge in [0.25, 0.3) is 0 Å². The van der Waals surface area contributed by atoms with Gasteiger partial charge in [-0.1, -0.05) is 0 Å². The standard InChI is InChI=1S/C10H15.3C2H5O.Hf/c1-10(2,3)8-9-6-4-5-7-9;3*1-2-3;/h4,6H,5,8H2,1-3H3;3*2H2,1H3;/q;3*-1;+3. The molecule has 0 heterocycles. The summed E-state index contributed by atoms with van der Waals surface area (Å²) in [5.41, 5.74) is 1.65. The van der Waals surface area contributed by atoms with Crippen molar-refractivity contribution in [3.05, 3.63) is 21.1 Å². The second-order valence-corrected chi connectivity index (χ2v) is 15.5. The van der Waals surface area contributed by atoms with E-state index in [1.807, 2.05) is 20.8 Å². The van der Waals surface area contributed by atoms with Crippen LogP contribution in [0.1, 0.15) is 54.4 Å². The van der Waals surface area contributed by atoms with Crippen LogP contribution in [-0.2, 0) is 29.8 Å². The molecule has 0 unspecified atom stereocenters. The van der Waals surface area contributed by atoms with Gasteiger partial charge in [-0.3, -0.25) is 0 Å². The predicted molar refractivity (Wildman–Crippen MR) is 79.7 cm³/mol. The molecule has 0 aliphatic heterocycles. The molecule has 4 heteroatoms. The van der Waals surface area contributed by atoms with E-state index in [-0.39, 0.29) is 5.41 Å². The van der Waals surface area contributed by atoms with E-state index in [0.717, 1.165) is 12.8 Å². The fourth-order valence-electron chi connectivity index (χ4n) is 2.57. The topological polar surface area (TPSA) is 27.7 Å². The van der Waals surface area contributed by atoms with Crippen LogP contribution in [0.25, 0.3) is 0 Å². The summed E-state index contributed by atoms with van der Waals surface area (Å²) in [7, 11) is 0. The van der Waals surface area contributed by atoms with Crippen molar-refractivity contribution >= 4 is 0 Å². The molecule has 20 heavy (non-hydrogen) atoms. The van der Waals surface area contributed by atoms with Gasteiger partial charge in [0.15, 0.2) is 0 Å². The van der Waals surface area contributed by atoms with Crippen LogP contribution in [-0.4, -0.2) is 19.8 Å². The van der Waals surface area contributed by atoms with E-state index in [4.69, 9.17) is 8.56 Å². The van der Waals surface area contributed by atoms with Crippen molar-refractivity contribution in [1.29, 1.82) is 0 Å². The van der Waals surface area contributed by atoms with E-state index >= 15 is 0 Å². The van der Waals surface area contributed by atoms with Gasteiger partial charge < -0.3 is 0 Å². The first kappa shape index (κ1) is 18.3. The van der Waals surface area contributed by atoms with Crippen LogP contribution < -0.4 is 0 Å². The Balaban J connectivity index is 3.12. The number of hydrogen-bond donors (Lipinski definition) is 0. The summed E-state index contributed by atoms with van der Waals surface area (Å²) in [6.45, 7) is 14.9. The van der Waals surface area contributed by atoms with Crippen molar-refractivity contribution in [3.8, 4) is 0 Å². The Labute approximate surface area is 130 Å². The first-order valence-corrected chi connectivity index (χ1v) is 13.9. The second kappa shape index (κ2) is 8.02. The fourth-order valence-corrected chi connectivity index (χ4v) is 12.8. The molecule has 0 amide bonds. The van der Waals surface area contributed by atoms with E-state index in [0.29, 0.717) is 19.8 Å². The quantitative estimate of drug-likeness (QED) is 0.506. The Morgan fingerprint density at radius 3 is 1.90 bits per heavy atom. The normalized spacial score (nSPS) is 16.3. The number of hydrogen-bond acceptors (Lipinski definition) is 3. The van der Waals surface area contributed by atoms with Crippen LogP contribution in [0.5, 0.6) is 0 Å². The van der Waals surface area contributed by atoms with E-state index in [2.05, 4.69) is 32.9 Å². The summed E-state index contributed by atoms with van der Waals surface area (Å²) in [4.78, 5) is 0. The van der Waals surface area contributed by atoms with Gasteiger partial charge in [-0.25, -0.2) is 0 Å². The number of allylic oxidation sites excluding steroid dienone is 4. The monoisotopic (exact) mass is 450 g/mol. The predicted octanol–water partition coefficient (Wildman–Crippen LogP) is 4.65. The molecular formula is C16H30HfO3. The molecule has 1 rings (SSSR count). The molecule has 3 nitrogen and oxygen atoms in total. The zero-order chi connectivity index (χ0) is 15.2. The third-order valence-electron chi connectivity index (χ3n) is 3.12. The van der Waals surface area contributed by atoms with Gasteiger partial charge in [-0.15, -0.1) is 0 Å². The van der Waals surface area contributed by atoms with Crippen molar-refractivity contribution in [2.24, 2.45) is 5.41 Å². The van der Waals surface area contributed by atoms with E-state index in [1.54, 1.807) is 0 Å². The molecule has 1 aliphatic rings.